The van der Waals surface area contributed by atoms with Crippen LogP contribution in [-0.4, -0.2) is 37.7 Å². The molecule has 3 aromatic heterocycles. The first-order chi connectivity index (χ1) is 14.3. The number of hydrogen-bond donors (Lipinski definition) is 0. The highest BCUT2D eigenvalue weighted by molar-refractivity contribution is 5.70. The first kappa shape index (κ1) is 17.8. The molecule has 0 unspecified atom stereocenters. The highest BCUT2D eigenvalue weighted by Gasteiger charge is 2.26. The molecule has 0 radical (unpaired) electrons. The topological polar surface area (TPSA) is 55.6 Å². The van der Waals surface area contributed by atoms with Gasteiger partial charge < -0.3 is 9.14 Å². The first-order valence-corrected chi connectivity index (χ1v) is 9.55. The molecule has 7 heteroatoms. The van der Waals surface area contributed by atoms with Gasteiger partial charge in [0.25, 0.3) is 0 Å². The van der Waals surface area contributed by atoms with Crippen LogP contribution in [-0.2, 0) is 19.5 Å². The number of ether oxygens (including phenoxy) is 1. The average Bonchev–Trinajstić information content (AvgIpc) is 3.37. The number of rotatable bonds is 6. The van der Waals surface area contributed by atoms with E-state index in [2.05, 4.69) is 26.0 Å². The van der Waals surface area contributed by atoms with Crippen LogP contribution >= 0.6 is 0 Å². The number of alkyl halides is 1. The van der Waals surface area contributed by atoms with Crippen molar-refractivity contribution in [1.29, 1.82) is 0 Å². The van der Waals surface area contributed by atoms with E-state index in [1.807, 2.05) is 40.9 Å². The van der Waals surface area contributed by atoms with Crippen molar-refractivity contribution in [2.75, 3.05) is 13.4 Å². The summed E-state index contributed by atoms with van der Waals surface area (Å²) in [5.74, 6) is 0.610. The van der Waals surface area contributed by atoms with E-state index in [0.717, 1.165) is 59.7 Å². The van der Waals surface area contributed by atoms with Crippen molar-refractivity contribution in [2.24, 2.45) is 0 Å². The van der Waals surface area contributed by atoms with E-state index in [1.165, 1.54) is 6.33 Å². The van der Waals surface area contributed by atoms with E-state index in [0.29, 0.717) is 5.75 Å². The van der Waals surface area contributed by atoms with Crippen LogP contribution in [0.15, 0.2) is 61.4 Å². The first-order valence-electron chi connectivity index (χ1n) is 9.55. The van der Waals surface area contributed by atoms with Crippen LogP contribution in [0.2, 0.25) is 0 Å². The number of imidazole rings is 1. The van der Waals surface area contributed by atoms with Crippen LogP contribution in [0.3, 0.4) is 0 Å². The number of pyridine rings is 1. The standard InChI is InChI=1S/C22H20FN5O/c23-14-29-21-5-4-18(16-9-24-15-25-10-16)19-12-27(13-20(19)21)8-6-17-11-28-7-2-1-3-22(28)26-17/h1-5,7,9-11,15H,6,8,12-14H2. The van der Waals surface area contributed by atoms with Gasteiger partial charge in [-0.1, -0.05) is 12.1 Å². The third-order valence-corrected chi connectivity index (χ3v) is 5.33. The van der Waals surface area contributed by atoms with Crippen molar-refractivity contribution in [3.63, 3.8) is 0 Å². The van der Waals surface area contributed by atoms with Gasteiger partial charge in [-0.25, -0.2) is 19.3 Å². The second-order valence-electron chi connectivity index (χ2n) is 7.11. The Morgan fingerprint density at radius 1 is 1.03 bits per heavy atom. The number of hydrogen-bond acceptors (Lipinski definition) is 5. The zero-order valence-corrected chi connectivity index (χ0v) is 15.8. The van der Waals surface area contributed by atoms with Gasteiger partial charge in [0.1, 0.15) is 17.7 Å². The molecular weight excluding hydrogens is 369 g/mol. The second-order valence-corrected chi connectivity index (χ2v) is 7.11. The minimum Gasteiger partial charge on any atom is -0.463 e. The highest BCUT2D eigenvalue weighted by atomic mass is 19.1. The number of halogens is 1. The SMILES string of the molecule is FCOc1ccc(-c2cncnc2)c2c1CN(CCc1cn3ccccc3n1)C2. The van der Waals surface area contributed by atoms with Gasteiger partial charge in [0.05, 0.1) is 5.69 Å². The van der Waals surface area contributed by atoms with Crippen molar-refractivity contribution in [3.05, 3.63) is 78.3 Å². The lowest BCUT2D eigenvalue weighted by molar-refractivity contribution is 0.188. The predicted octanol–water partition coefficient (Wildman–Crippen LogP) is 3.66. The molecule has 0 fully saturated rings. The molecule has 1 aromatic carbocycles. The predicted molar refractivity (Wildman–Crippen MR) is 107 cm³/mol. The van der Waals surface area contributed by atoms with E-state index >= 15 is 0 Å². The molecule has 4 heterocycles. The molecule has 0 saturated heterocycles. The van der Waals surface area contributed by atoms with E-state index < -0.39 is 6.86 Å². The van der Waals surface area contributed by atoms with Crippen LogP contribution in [0, 0.1) is 0 Å². The van der Waals surface area contributed by atoms with Gasteiger partial charge in [0, 0.05) is 62.0 Å². The molecule has 5 rings (SSSR count). The van der Waals surface area contributed by atoms with Crippen molar-refractivity contribution in [1.82, 2.24) is 24.3 Å². The van der Waals surface area contributed by atoms with Crippen LogP contribution in [0.4, 0.5) is 4.39 Å². The summed E-state index contributed by atoms with van der Waals surface area (Å²) in [5, 5.41) is 0. The zero-order valence-electron chi connectivity index (χ0n) is 15.8. The molecule has 4 aromatic rings. The van der Waals surface area contributed by atoms with Crippen molar-refractivity contribution in [2.45, 2.75) is 19.5 Å². The fraction of sp³-hybridized carbons (Fsp3) is 0.227. The van der Waals surface area contributed by atoms with Crippen molar-refractivity contribution in [3.8, 4) is 16.9 Å². The molecule has 0 aliphatic carbocycles. The van der Waals surface area contributed by atoms with E-state index in [-0.39, 0.29) is 0 Å². The van der Waals surface area contributed by atoms with E-state index in [4.69, 9.17) is 4.74 Å². The summed E-state index contributed by atoms with van der Waals surface area (Å²) < 4.78 is 20.2. The fourth-order valence-corrected chi connectivity index (χ4v) is 3.97. The van der Waals surface area contributed by atoms with Crippen LogP contribution in [0.5, 0.6) is 5.75 Å². The summed E-state index contributed by atoms with van der Waals surface area (Å²) in [7, 11) is 0. The summed E-state index contributed by atoms with van der Waals surface area (Å²) in [4.78, 5) is 15.3. The van der Waals surface area contributed by atoms with Crippen LogP contribution in [0.1, 0.15) is 16.8 Å². The zero-order chi connectivity index (χ0) is 19.6. The monoisotopic (exact) mass is 389 g/mol. The molecule has 0 bridgehead atoms. The Balaban J connectivity index is 1.38. The van der Waals surface area contributed by atoms with Gasteiger partial charge in [-0.05, 0) is 29.3 Å². The highest BCUT2D eigenvalue weighted by Crippen LogP contribution is 2.38. The van der Waals surface area contributed by atoms with Gasteiger partial charge >= 0.3 is 0 Å². The Morgan fingerprint density at radius 2 is 1.90 bits per heavy atom. The maximum atomic E-state index is 12.9. The summed E-state index contributed by atoms with van der Waals surface area (Å²) in [6.45, 7) is 1.52. The molecule has 0 N–H and O–H groups in total. The second kappa shape index (κ2) is 7.60. The Morgan fingerprint density at radius 3 is 2.72 bits per heavy atom. The van der Waals surface area contributed by atoms with Gasteiger partial charge in [0.15, 0.2) is 0 Å². The minimum atomic E-state index is -0.832. The maximum Gasteiger partial charge on any atom is 0.228 e. The number of benzene rings is 1. The lowest BCUT2D eigenvalue weighted by Crippen LogP contribution is -2.19. The lowest BCUT2D eigenvalue weighted by atomic mass is 9.98. The molecule has 6 nitrogen and oxygen atoms in total. The summed E-state index contributed by atoms with van der Waals surface area (Å²) in [6, 6.07) is 9.80. The van der Waals surface area contributed by atoms with Gasteiger partial charge in [-0.2, -0.15) is 0 Å². The molecular formula is C22H20FN5O. The van der Waals surface area contributed by atoms with Gasteiger partial charge in [-0.15, -0.1) is 0 Å². The average molecular weight is 389 g/mol. The number of fused-ring (bicyclic) bond motifs is 2. The smallest absolute Gasteiger partial charge is 0.228 e. The van der Waals surface area contributed by atoms with Crippen molar-refractivity contribution >= 4 is 5.65 Å². The Bertz CT molecular complexity index is 1110. The van der Waals surface area contributed by atoms with Gasteiger partial charge in [0.2, 0.25) is 6.86 Å². The third-order valence-electron chi connectivity index (χ3n) is 5.33. The Labute approximate surface area is 167 Å². The largest absolute Gasteiger partial charge is 0.463 e. The summed E-state index contributed by atoms with van der Waals surface area (Å²) >= 11 is 0. The molecule has 0 atom stereocenters. The quantitative estimate of drug-likeness (QED) is 0.504. The van der Waals surface area contributed by atoms with Crippen molar-refractivity contribution < 1.29 is 9.13 Å². The van der Waals surface area contributed by atoms with Crippen LogP contribution in [0.25, 0.3) is 16.8 Å². The minimum absolute atomic E-state index is 0.610. The molecule has 0 saturated carbocycles. The molecule has 29 heavy (non-hydrogen) atoms. The Kier molecular flexibility index (Phi) is 4.65. The lowest BCUT2D eigenvalue weighted by Gasteiger charge is -2.13. The number of nitrogens with zero attached hydrogens (tertiary/aromatic N) is 5. The molecule has 1 aliphatic rings. The molecule has 0 spiro atoms. The summed E-state index contributed by atoms with van der Waals surface area (Å²) in [6.07, 6.45) is 10.1. The maximum absolute atomic E-state index is 12.9. The van der Waals surface area contributed by atoms with Crippen LogP contribution < -0.4 is 4.74 Å². The van der Waals surface area contributed by atoms with Gasteiger partial charge in [-0.3, -0.25) is 4.90 Å². The third kappa shape index (κ3) is 3.45. The molecule has 146 valence electrons. The Hall–Kier alpha value is -3.32. The fourth-order valence-electron chi connectivity index (χ4n) is 3.97. The summed E-state index contributed by atoms with van der Waals surface area (Å²) in [5.41, 5.74) is 6.24. The molecule has 1 aliphatic heterocycles. The number of aromatic nitrogens is 4. The normalized spacial score (nSPS) is 13.7. The van der Waals surface area contributed by atoms with E-state index in [1.54, 1.807) is 12.4 Å². The molecule has 0 amide bonds. The van der Waals surface area contributed by atoms with E-state index in [9.17, 15) is 4.39 Å².